The molecule has 2 unspecified atom stereocenters. The average Bonchev–Trinajstić information content (AvgIpc) is 2.61. The molecule has 0 saturated carbocycles. The standard InChI is InChI=1S/C14H20O7/c15-7-10-11(17)12(18)13(19)14(21-10)20-6-5-8-1-3-9(16)4-2-8/h1-4,10-19H,5-7H2/t10?,11-,12?,13-,14+/m1/s1/i1D,2D,3D,4D. The van der Waals surface area contributed by atoms with Crippen molar-refractivity contribution >= 4 is 0 Å². The van der Waals surface area contributed by atoms with E-state index in [4.69, 9.17) is 20.1 Å². The summed E-state index contributed by atoms with van der Waals surface area (Å²) in [6, 6.07) is -1.94. The summed E-state index contributed by atoms with van der Waals surface area (Å²) < 4.78 is 41.0. The minimum atomic E-state index is -1.58. The van der Waals surface area contributed by atoms with Crippen molar-refractivity contribution in [3.8, 4) is 5.75 Å². The number of phenolic OH excluding ortho intramolecular Hbond substituents is 1. The molecule has 7 heteroatoms. The Bertz CT molecular complexity index is 599. The van der Waals surface area contributed by atoms with Gasteiger partial charge in [-0.15, -0.1) is 0 Å². The zero-order chi connectivity index (χ0) is 18.9. The number of hydrogen-bond acceptors (Lipinski definition) is 7. The fraction of sp³-hybridized carbons (Fsp3) is 0.571. The van der Waals surface area contributed by atoms with Crippen molar-refractivity contribution in [1.82, 2.24) is 0 Å². The summed E-state index contributed by atoms with van der Waals surface area (Å²) in [5.74, 6) is -0.742. The van der Waals surface area contributed by atoms with Gasteiger partial charge in [0.2, 0.25) is 0 Å². The number of hydrogen-bond donors (Lipinski definition) is 5. The molecule has 0 aromatic heterocycles. The van der Waals surface area contributed by atoms with Gasteiger partial charge in [-0.3, -0.25) is 0 Å². The highest BCUT2D eigenvalue weighted by atomic mass is 16.7. The van der Waals surface area contributed by atoms with Crippen LogP contribution in [0.2, 0.25) is 0 Å². The van der Waals surface area contributed by atoms with Crippen LogP contribution in [0.5, 0.6) is 5.75 Å². The summed E-state index contributed by atoms with van der Waals surface area (Å²) in [6.07, 6.45) is -7.19. The summed E-state index contributed by atoms with van der Waals surface area (Å²) in [4.78, 5) is 0. The largest absolute Gasteiger partial charge is 0.508 e. The van der Waals surface area contributed by atoms with E-state index in [-0.39, 0.29) is 18.6 Å². The molecule has 118 valence electrons. The van der Waals surface area contributed by atoms with Crippen molar-refractivity contribution in [2.45, 2.75) is 37.1 Å². The highest BCUT2D eigenvalue weighted by molar-refractivity contribution is 5.25. The van der Waals surface area contributed by atoms with Gasteiger partial charge in [0.25, 0.3) is 0 Å². The first-order valence-corrected chi connectivity index (χ1v) is 6.41. The van der Waals surface area contributed by atoms with Crippen LogP contribution in [0, 0.1) is 0 Å². The van der Waals surface area contributed by atoms with Crippen LogP contribution in [0.3, 0.4) is 0 Å². The molecule has 5 N–H and O–H groups in total. The Morgan fingerprint density at radius 1 is 1.10 bits per heavy atom. The Labute approximate surface area is 127 Å². The van der Waals surface area contributed by atoms with Gasteiger partial charge >= 0.3 is 0 Å². The molecule has 0 aliphatic carbocycles. The van der Waals surface area contributed by atoms with Gasteiger partial charge in [0.05, 0.1) is 18.7 Å². The van der Waals surface area contributed by atoms with Crippen molar-refractivity contribution in [2.24, 2.45) is 0 Å². The lowest BCUT2D eigenvalue weighted by Crippen LogP contribution is -2.59. The van der Waals surface area contributed by atoms with Gasteiger partial charge in [0, 0.05) is 0 Å². The smallest absolute Gasteiger partial charge is 0.186 e. The van der Waals surface area contributed by atoms with Gasteiger partial charge in [-0.05, 0) is 24.1 Å². The van der Waals surface area contributed by atoms with E-state index >= 15 is 0 Å². The maximum absolute atomic E-state index is 9.84. The van der Waals surface area contributed by atoms with E-state index in [0.29, 0.717) is 0 Å². The molecule has 0 spiro atoms. The predicted octanol–water partition coefficient (Wildman–Crippen LogP) is -1.25. The molecule has 0 amide bonds. The van der Waals surface area contributed by atoms with E-state index in [1.165, 1.54) is 0 Å². The van der Waals surface area contributed by atoms with E-state index in [9.17, 15) is 20.4 Å². The lowest BCUT2D eigenvalue weighted by atomic mass is 9.99. The van der Waals surface area contributed by atoms with Gasteiger partial charge in [-0.2, -0.15) is 0 Å². The number of aromatic hydroxyl groups is 1. The number of phenols is 1. The van der Waals surface area contributed by atoms with Gasteiger partial charge < -0.3 is 35.0 Å². The fourth-order valence-electron chi connectivity index (χ4n) is 1.94. The second-order valence-electron chi connectivity index (χ2n) is 4.65. The van der Waals surface area contributed by atoms with Crippen molar-refractivity contribution in [3.63, 3.8) is 0 Å². The third kappa shape index (κ3) is 3.91. The quantitative estimate of drug-likeness (QED) is 0.461. The molecule has 5 atom stereocenters. The van der Waals surface area contributed by atoms with Gasteiger partial charge in [0.1, 0.15) is 30.2 Å². The maximum atomic E-state index is 9.84. The Kier molecular flexibility index (Phi) is 3.88. The molecule has 1 aromatic rings. The number of ether oxygens (including phenoxy) is 2. The predicted molar refractivity (Wildman–Crippen MR) is 71.5 cm³/mol. The monoisotopic (exact) mass is 304 g/mol. The molecule has 1 heterocycles. The number of benzene rings is 1. The van der Waals surface area contributed by atoms with Crippen molar-refractivity contribution in [1.29, 1.82) is 0 Å². The lowest BCUT2D eigenvalue weighted by molar-refractivity contribution is -0.300. The molecular weight excluding hydrogens is 280 g/mol. The molecule has 7 nitrogen and oxygen atoms in total. The van der Waals surface area contributed by atoms with Crippen LogP contribution >= 0.6 is 0 Å². The highest BCUT2D eigenvalue weighted by Gasteiger charge is 2.43. The molecule has 1 saturated heterocycles. The molecular formula is C14H20O7. The maximum Gasteiger partial charge on any atom is 0.186 e. The first-order valence-electron chi connectivity index (χ1n) is 8.41. The topological polar surface area (TPSA) is 120 Å². The van der Waals surface area contributed by atoms with Crippen molar-refractivity contribution in [2.75, 3.05) is 13.2 Å². The van der Waals surface area contributed by atoms with E-state index in [0.717, 1.165) is 0 Å². The Morgan fingerprint density at radius 2 is 1.76 bits per heavy atom. The first kappa shape index (κ1) is 11.4. The third-order valence-corrected chi connectivity index (χ3v) is 3.15. The second kappa shape index (κ2) is 7.17. The zero-order valence-electron chi connectivity index (χ0n) is 15.1. The molecule has 1 aliphatic heterocycles. The van der Waals surface area contributed by atoms with E-state index in [1.807, 2.05) is 0 Å². The van der Waals surface area contributed by atoms with Crippen molar-refractivity contribution in [3.05, 3.63) is 29.7 Å². The summed E-state index contributed by atoms with van der Waals surface area (Å²) in [7, 11) is 0. The van der Waals surface area contributed by atoms with Crippen LogP contribution in [0.25, 0.3) is 0 Å². The summed E-state index contributed by atoms with van der Waals surface area (Å²) in [5, 5.41) is 47.8. The number of rotatable bonds is 5. The van der Waals surface area contributed by atoms with E-state index in [1.54, 1.807) is 0 Å². The summed E-state index contributed by atoms with van der Waals surface area (Å²) in [5.41, 5.74) is 0.0115. The van der Waals surface area contributed by atoms with E-state index < -0.39 is 67.2 Å². The average molecular weight is 304 g/mol. The van der Waals surface area contributed by atoms with Crippen LogP contribution < -0.4 is 0 Å². The Balaban J connectivity index is 2.06. The summed E-state index contributed by atoms with van der Waals surface area (Å²) >= 11 is 0. The van der Waals surface area contributed by atoms with E-state index in [2.05, 4.69) is 0 Å². The van der Waals surface area contributed by atoms with Crippen molar-refractivity contribution < 1.29 is 40.5 Å². The number of aliphatic hydroxyl groups is 4. The van der Waals surface area contributed by atoms with Crippen LogP contribution in [-0.2, 0) is 15.9 Å². The fourth-order valence-corrected chi connectivity index (χ4v) is 1.94. The van der Waals surface area contributed by atoms with Crippen LogP contribution in [-0.4, -0.2) is 69.5 Å². The molecule has 1 aliphatic rings. The normalized spacial score (nSPS) is 35.7. The third-order valence-electron chi connectivity index (χ3n) is 3.15. The first-order chi connectivity index (χ1) is 11.7. The minimum absolute atomic E-state index is 0.0115. The van der Waals surface area contributed by atoms with Crippen LogP contribution in [0.15, 0.2) is 24.2 Å². The SMILES string of the molecule is [2H]c1c([2H])c(CCO[C@H]2OC(CO)[C@@H](O)C(O)[C@H]2O)c([2H])c([2H])c1O. The molecule has 1 fully saturated rings. The van der Waals surface area contributed by atoms with Crippen LogP contribution in [0.1, 0.15) is 11.0 Å². The highest BCUT2D eigenvalue weighted by Crippen LogP contribution is 2.22. The molecule has 0 radical (unpaired) electrons. The lowest BCUT2D eigenvalue weighted by Gasteiger charge is -2.39. The second-order valence-corrected chi connectivity index (χ2v) is 4.65. The molecule has 0 bridgehead atoms. The van der Waals surface area contributed by atoms with Crippen LogP contribution in [0.4, 0.5) is 0 Å². The van der Waals surface area contributed by atoms with Gasteiger partial charge in [-0.25, -0.2) is 0 Å². The molecule has 1 aromatic carbocycles. The van der Waals surface area contributed by atoms with Gasteiger partial charge in [-0.1, -0.05) is 12.1 Å². The number of aliphatic hydroxyl groups excluding tert-OH is 4. The molecule has 21 heavy (non-hydrogen) atoms. The minimum Gasteiger partial charge on any atom is -0.508 e. The zero-order valence-corrected chi connectivity index (χ0v) is 11.1. The summed E-state index contributed by atoms with van der Waals surface area (Å²) in [6.45, 7) is -0.787. The van der Waals surface area contributed by atoms with Gasteiger partial charge in [0.15, 0.2) is 6.29 Å². The molecule has 2 rings (SSSR count). The Morgan fingerprint density at radius 3 is 2.38 bits per heavy atom. The Hall–Kier alpha value is -1.22.